The standard InChI is InChI=1S/C11H12N2O3S/c12-6-7-16-10-3-1-2-9(8-10)13-17(14,15)11-4-5-11/h1-3,8,11,13H,4-5,7H2. The summed E-state index contributed by atoms with van der Waals surface area (Å²) in [5.41, 5.74) is 0.465. The third kappa shape index (κ3) is 3.11. The van der Waals surface area contributed by atoms with Gasteiger partial charge in [-0.1, -0.05) is 6.07 Å². The monoisotopic (exact) mass is 252 g/mol. The topological polar surface area (TPSA) is 79.2 Å². The zero-order valence-corrected chi connectivity index (χ0v) is 9.90. The Kier molecular flexibility index (Phi) is 3.20. The molecule has 6 heteroatoms. The number of nitrogens with zero attached hydrogens (tertiary/aromatic N) is 1. The molecule has 0 unspecified atom stereocenters. The molecule has 0 aromatic heterocycles. The molecule has 0 aliphatic heterocycles. The maximum atomic E-state index is 11.7. The molecular weight excluding hydrogens is 240 g/mol. The molecule has 0 radical (unpaired) electrons. The summed E-state index contributed by atoms with van der Waals surface area (Å²) in [4.78, 5) is 0. The van der Waals surface area contributed by atoms with Crippen LogP contribution in [0.25, 0.3) is 0 Å². The molecule has 90 valence electrons. The molecule has 0 atom stereocenters. The van der Waals surface area contributed by atoms with Gasteiger partial charge in [0, 0.05) is 6.07 Å². The second kappa shape index (κ2) is 4.63. The largest absolute Gasteiger partial charge is 0.479 e. The summed E-state index contributed by atoms with van der Waals surface area (Å²) in [6, 6.07) is 8.42. The Morgan fingerprint density at radius 1 is 1.47 bits per heavy atom. The predicted octanol–water partition coefficient (Wildman–Crippen LogP) is 1.49. The molecule has 1 aromatic rings. The Morgan fingerprint density at radius 2 is 2.24 bits per heavy atom. The number of anilines is 1. The highest BCUT2D eigenvalue weighted by Gasteiger charge is 2.35. The van der Waals surface area contributed by atoms with Gasteiger partial charge in [-0.3, -0.25) is 4.72 Å². The zero-order chi connectivity index (χ0) is 12.3. The average Bonchev–Trinajstić information content (AvgIpc) is 3.10. The van der Waals surface area contributed by atoms with E-state index in [4.69, 9.17) is 10.00 Å². The minimum atomic E-state index is -3.25. The van der Waals surface area contributed by atoms with E-state index in [2.05, 4.69) is 4.72 Å². The van der Waals surface area contributed by atoms with Gasteiger partial charge in [-0.25, -0.2) is 8.42 Å². The Morgan fingerprint density at radius 3 is 2.88 bits per heavy atom. The summed E-state index contributed by atoms with van der Waals surface area (Å²) >= 11 is 0. The molecule has 0 bridgehead atoms. The first kappa shape index (κ1) is 11.7. The van der Waals surface area contributed by atoms with Gasteiger partial charge in [0.25, 0.3) is 0 Å². The first-order valence-electron chi connectivity index (χ1n) is 5.23. The number of hydrogen-bond acceptors (Lipinski definition) is 4. The van der Waals surface area contributed by atoms with Crippen LogP contribution >= 0.6 is 0 Å². The quantitative estimate of drug-likeness (QED) is 0.861. The number of nitriles is 1. The van der Waals surface area contributed by atoms with Gasteiger partial charge in [0.2, 0.25) is 10.0 Å². The Bertz CT molecular complexity index is 544. The number of ether oxygens (including phenoxy) is 1. The van der Waals surface area contributed by atoms with E-state index < -0.39 is 10.0 Å². The van der Waals surface area contributed by atoms with Gasteiger partial charge in [0.15, 0.2) is 6.61 Å². The van der Waals surface area contributed by atoms with E-state index in [1.807, 2.05) is 6.07 Å². The first-order valence-corrected chi connectivity index (χ1v) is 6.78. The van der Waals surface area contributed by atoms with Crippen LogP contribution < -0.4 is 9.46 Å². The molecule has 1 aliphatic carbocycles. The molecule has 0 spiro atoms. The van der Waals surface area contributed by atoms with Crippen molar-refractivity contribution in [1.29, 1.82) is 5.26 Å². The summed E-state index contributed by atoms with van der Waals surface area (Å²) in [6.45, 7) is -0.0567. The van der Waals surface area contributed by atoms with Crippen molar-refractivity contribution < 1.29 is 13.2 Å². The minimum absolute atomic E-state index is 0.0567. The molecular formula is C11H12N2O3S. The van der Waals surface area contributed by atoms with Gasteiger partial charge < -0.3 is 4.74 Å². The van der Waals surface area contributed by atoms with Crippen LogP contribution in [0, 0.1) is 11.3 Å². The number of benzene rings is 1. The second-order valence-electron chi connectivity index (χ2n) is 3.82. The van der Waals surface area contributed by atoms with Crippen LogP contribution in [0.4, 0.5) is 5.69 Å². The van der Waals surface area contributed by atoms with Crippen LogP contribution in [-0.4, -0.2) is 20.3 Å². The van der Waals surface area contributed by atoms with Crippen LogP contribution in [0.1, 0.15) is 12.8 Å². The van der Waals surface area contributed by atoms with Crippen molar-refractivity contribution in [3.63, 3.8) is 0 Å². The van der Waals surface area contributed by atoms with E-state index in [0.717, 1.165) is 12.8 Å². The summed E-state index contributed by atoms with van der Waals surface area (Å²) < 4.78 is 31.0. The minimum Gasteiger partial charge on any atom is -0.479 e. The molecule has 1 aromatic carbocycles. The smallest absolute Gasteiger partial charge is 0.235 e. The molecule has 1 fully saturated rings. The molecule has 0 heterocycles. The maximum absolute atomic E-state index is 11.7. The van der Waals surface area contributed by atoms with Gasteiger partial charge in [-0.2, -0.15) is 5.26 Å². The Balaban J connectivity index is 2.08. The summed E-state index contributed by atoms with van der Waals surface area (Å²) in [5, 5.41) is 8.12. The van der Waals surface area contributed by atoms with Gasteiger partial charge >= 0.3 is 0 Å². The highest BCUT2D eigenvalue weighted by molar-refractivity contribution is 7.93. The molecule has 5 nitrogen and oxygen atoms in total. The summed E-state index contributed by atoms with van der Waals surface area (Å²) in [6.07, 6.45) is 1.44. The van der Waals surface area contributed by atoms with E-state index in [0.29, 0.717) is 11.4 Å². The van der Waals surface area contributed by atoms with E-state index in [9.17, 15) is 8.42 Å². The molecule has 0 amide bonds. The summed E-state index contributed by atoms with van der Waals surface area (Å²) in [5.74, 6) is 0.475. The predicted molar refractivity (Wildman–Crippen MR) is 63.1 cm³/mol. The molecule has 1 saturated carbocycles. The van der Waals surface area contributed by atoms with Gasteiger partial charge in [0.05, 0.1) is 10.9 Å². The van der Waals surface area contributed by atoms with Crippen molar-refractivity contribution in [1.82, 2.24) is 0 Å². The third-order valence-electron chi connectivity index (χ3n) is 2.36. The van der Waals surface area contributed by atoms with E-state index >= 15 is 0 Å². The van der Waals surface area contributed by atoms with Crippen molar-refractivity contribution >= 4 is 15.7 Å². The number of rotatable bonds is 5. The summed E-state index contributed by atoms with van der Waals surface area (Å²) in [7, 11) is -3.25. The van der Waals surface area contributed by atoms with E-state index in [1.54, 1.807) is 24.3 Å². The average molecular weight is 252 g/mol. The van der Waals surface area contributed by atoms with E-state index in [1.165, 1.54) is 0 Å². The molecule has 17 heavy (non-hydrogen) atoms. The number of sulfonamides is 1. The lowest BCUT2D eigenvalue weighted by atomic mass is 10.3. The lowest BCUT2D eigenvalue weighted by Crippen LogP contribution is -2.17. The van der Waals surface area contributed by atoms with Crippen molar-refractivity contribution in [3.8, 4) is 11.8 Å². The fraction of sp³-hybridized carbons (Fsp3) is 0.364. The maximum Gasteiger partial charge on any atom is 0.235 e. The SMILES string of the molecule is N#CCOc1cccc(NS(=O)(=O)C2CC2)c1. The van der Waals surface area contributed by atoms with Crippen molar-refractivity contribution in [2.24, 2.45) is 0 Å². The fourth-order valence-corrected chi connectivity index (χ4v) is 2.77. The zero-order valence-electron chi connectivity index (χ0n) is 9.09. The van der Waals surface area contributed by atoms with Crippen LogP contribution in [0.15, 0.2) is 24.3 Å². The molecule has 1 N–H and O–H groups in total. The molecule has 2 rings (SSSR count). The normalized spacial score (nSPS) is 15.0. The van der Waals surface area contributed by atoms with Crippen LogP contribution in [0.2, 0.25) is 0 Å². The van der Waals surface area contributed by atoms with Gasteiger partial charge in [-0.05, 0) is 25.0 Å². The molecule has 0 saturated heterocycles. The second-order valence-corrected chi connectivity index (χ2v) is 5.78. The van der Waals surface area contributed by atoms with Crippen molar-refractivity contribution in [3.05, 3.63) is 24.3 Å². The Hall–Kier alpha value is -1.74. The van der Waals surface area contributed by atoms with Crippen molar-refractivity contribution in [2.75, 3.05) is 11.3 Å². The van der Waals surface area contributed by atoms with E-state index in [-0.39, 0.29) is 11.9 Å². The first-order chi connectivity index (χ1) is 8.12. The highest BCUT2D eigenvalue weighted by Crippen LogP contribution is 2.30. The fourth-order valence-electron chi connectivity index (χ4n) is 1.39. The number of nitrogens with one attached hydrogen (secondary N) is 1. The number of hydrogen-bond donors (Lipinski definition) is 1. The highest BCUT2D eigenvalue weighted by atomic mass is 32.2. The Labute approximate surface area is 100 Å². The van der Waals surface area contributed by atoms with Crippen molar-refractivity contribution in [2.45, 2.75) is 18.1 Å². The van der Waals surface area contributed by atoms with Crippen LogP contribution in [-0.2, 0) is 10.0 Å². The lowest BCUT2D eigenvalue weighted by molar-refractivity contribution is 0.368. The van der Waals surface area contributed by atoms with Gasteiger partial charge in [0.1, 0.15) is 11.8 Å². The lowest BCUT2D eigenvalue weighted by Gasteiger charge is -2.08. The molecule has 1 aliphatic rings. The van der Waals surface area contributed by atoms with Gasteiger partial charge in [-0.15, -0.1) is 0 Å². The van der Waals surface area contributed by atoms with Crippen LogP contribution in [0.5, 0.6) is 5.75 Å². The third-order valence-corrected chi connectivity index (χ3v) is 4.23. The van der Waals surface area contributed by atoms with Crippen LogP contribution in [0.3, 0.4) is 0 Å².